The van der Waals surface area contributed by atoms with Gasteiger partial charge in [0.2, 0.25) is 5.06 Å². The van der Waals surface area contributed by atoms with Crippen LogP contribution >= 0.6 is 11.3 Å². The van der Waals surface area contributed by atoms with E-state index >= 15 is 0 Å². The Kier molecular flexibility index (Phi) is 6.20. The highest BCUT2D eigenvalue weighted by atomic mass is 32.1. The van der Waals surface area contributed by atoms with E-state index in [-0.39, 0.29) is 0 Å². The molecule has 6 nitrogen and oxygen atoms in total. The summed E-state index contributed by atoms with van der Waals surface area (Å²) >= 11 is 1.49. The van der Waals surface area contributed by atoms with Crippen molar-refractivity contribution in [3.63, 3.8) is 0 Å². The fraction of sp³-hybridized carbons (Fsp3) is 0.167. The second-order valence-electron chi connectivity index (χ2n) is 7.00. The predicted molar refractivity (Wildman–Crippen MR) is 123 cm³/mol. The lowest BCUT2D eigenvalue weighted by Crippen LogP contribution is -1.95. The Morgan fingerprint density at radius 2 is 1.94 bits per heavy atom. The number of aryl methyl sites for hydroxylation is 3. The molecule has 3 heterocycles. The van der Waals surface area contributed by atoms with E-state index in [4.69, 9.17) is 10.00 Å². The standard InChI is InChI=1S/C24H21N5OS/c1-16-6-3-10-21(27-16)23-24(31-17(2)28-23)30-20-11-13-26-22(15-20)29-19-9-4-7-18(14-19)8-5-12-25/h3-4,6-7,9-11,13-15H,5,8H2,1-2H3,(H,26,29). The zero-order chi connectivity index (χ0) is 21.6. The molecule has 0 fully saturated rings. The summed E-state index contributed by atoms with van der Waals surface area (Å²) in [7, 11) is 0. The van der Waals surface area contributed by atoms with Crippen LogP contribution in [0.25, 0.3) is 11.4 Å². The molecule has 31 heavy (non-hydrogen) atoms. The predicted octanol–water partition coefficient (Wildman–Crippen LogP) is 6.21. The van der Waals surface area contributed by atoms with Crippen LogP contribution in [0.15, 0.2) is 60.8 Å². The lowest BCUT2D eigenvalue weighted by Gasteiger charge is -2.10. The molecule has 1 aromatic carbocycles. The van der Waals surface area contributed by atoms with E-state index in [1.54, 1.807) is 6.20 Å². The first-order valence-electron chi connectivity index (χ1n) is 9.89. The molecule has 0 spiro atoms. The lowest BCUT2D eigenvalue weighted by atomic mass is 10.1. The average Bonchev–Trinajstić information content (AvgIpc) is 3.13. The number of nitrogens with one attached hydrogen (secondary N) is 1. The van der Waals surface area contributed by atoms with Gasteiger partial charge in [-0.15, -0.1) is 0 Å². The van der Waals surface area contributed by atoms with E-state index in [1.165, 1.54) is 11.3 Å². The van der Waals surface area contributed by atoms with Gasteiger partial charge < -0.3 is 10.1 Å². The molecule has 4 rings (SSSR count). The summed E-state index contributed by atoms with van der Waals surface area (Å²) in [5, 5.41) is 13.7. The second kappa shape index (κ2) is 9.37. The number of rotatable bonds is 7. The molecule has 0 aliphatic rings. The van der Waals surface area contributed by atoms with Gasteiger partial charge in [0.1, 0.15) is 17.3 Å². The Morgan fingerprint density at radius 3 is 2.77 bits per heavy atom. The molecule has 0 unspecified atom stereocenters. The number of ether oxygens (including phenoxy) is 1. The molecular formula is C24H21N5OS. The van der Waals surface area contributed by atoms with Crippen molar-refractivity contribution >= 4 is 22.8 Å². The van der Waals surface area contributed by atoms with Crippen LogP contribution in [-0.2, 0) is 6.42 Å². The number of nitrogens with zero attached hydrogens (tertiary/aromatic N) is 4. The number of benzene rings is 1. The van der Waals surface area contributed by atoms with Crippen molar-refractivity contribution in [3.8, 4) is 28.3 Å². The summed E-state index contributed by atoms with van der Waals surface area (Å²) in [5.74, 6) is 1.34. The maximum atomic E-state index is 8.79. The minimum Gasteiger partial charge on any atom is -0.444 e. The average molecular weight is 428 g/mol. The van der Waals surface area contributed by atoms with Crippen LogP contribution in [0, 0.1) is 25.2 Å². The molecule has 3 aromatic heterocycles. The van der Waals surface area contributed by atoms with Crippen LogP contribution in [0.3, 0.4) is 0 Å². The topological polar surface area (TPSA) is 83.7 Å². The van der Waals surface area contributed by atoms with Gasteiger partial charge in [0, 0.05) is 30.1 Å². The molecule has 0 radical (unpaired) electrons. The van der Waals surface area contributed by atoms with Gasteiger partial charge in [-0.25, -0.2) is 9.97 Å². The molecule has 0 aliphatic heterocycles. The molecule has 0 amide bonds. The van der Waals surface area contributed by atoms with Crippen LogP contribution in [0.4, 0.5) is 11.5 Å². The van der Waals surface area contributed by atoms with Crippen molar-refractivity contribution < 1.29 is 4.74 Å². The maximum absolute atomic E-state index is 8.79. The van der Waals surface area contributed by atoms with E-state index in [0.29, 0.717) is 23.1 Å². The van der Waals surface area contributed by atoms with Gasteiger partial charge in [-0.1, -0.05) is 29.5 Å². The largest absolute Gasteiger partial charge is 0.444 e. The summed E-state index contributed by atoms with van der Waals surface area (Å²) in [4.78, 5) is 13.6. The minimum atomic E-state index is 0.497. The third-order valence-corrected chi connectivity index (χ3v) is 5.35. The van der Waals surface area contributed by atoms with Crippen LogP contribution in [-0.4, -0.2) is 15.0 Å². The van der Waals surface area contributed by atoms with Gasteiger partial charge in [0.05, 0.1) is 16.8 Å². The Labute approximate surface area is 185 Å². The molecule has 1 N–H and O–H groups in total. The summed E-state index contributed by atoms with van der Waals surface area (Å²) in [6.45, 7) is 3.91. The third-order valence-electron chi connectivity index (χ3n) is 4.50. The van der Waals surface area contributed by atoms with Crippen molar-refractivity contribution in [1.82, 2.24) is 15.0 Å². The molecule has 7 heteroatoms. The molecule has 0 saturated heterocycles. The van der Waals surface area contributed by atoms with E-state index in [0.717, 1.165) is 39.8 Å². The van der Waals surface area contributed by atoms with Crippen LogP contribution in [0.1, 0.15) is 22.7 Å². The summed E-state index contributed by atoms with van der Waals surface area (Å²) in [6.07, 6.45) is 2.93. The molecule has 154 valence electrons. The van der Waals surface area contributed by atoms with Crippen LogP contribution in [0.5, 0.6) is 10.8 Å². The van der Waals surface area contributed by atoms with Crippen molar-refractivity contribution in [3.05, 3.63) is 77.1 Å². The van der Waals surface area contributed by atoms with Gasteiger partial charge in [0.25, 0.3) is 0 Å². The Balaban J connectivity index is 1.55. The van der Waals surface area contributed by atoms with Crippen molar-refractivity contribution in [2.75, 3.05) is 5.32 Å². The molecule has 0 saturated carbocycles. The third kappa shape index (κ3) is 5.24. The maximum Gasteiger partial charge on any atom is 0.210 e. The SMILES string of the molecule is Cc1cccc(-c2nc(C)sc2Oc2ccnc(Nc3cccc(CCC#N)c3)c2)n1. The monoisotopic (exact) mass is 427 g/mol. The van der Waals surface area contributed by atoms with E-state index in [9.17, 15) is 0 Å². The summed E-state index contributed by atoms with van der Waals surface area (Å²) in [6, 6.07) is 19.7. The fourth-order valence-electron chi connectivity index (χ4n) is 3.12. The molecular weight excluding hydrogens is 406 g/mol. The smallest absolute Gasteiger partial charge is 0.210 e. The zero-order valence-corrected chi connectivity index (χ0v) is 18.1. The molecule has 0 aliphatic carbocycles. The van der Waals surface area contributed by atoms with E-state index in [2.05, 4.69) is 26.3 Å². The number of pyridine rings is 2. The van der Waals surface area contributed by atoms with Crippen molar-refractivity contribution in [2.45, 2.75) is 26.7 Å². The number of nitriles is 1. The second-order valence-corrected chi connectivity index (χ2v) is 8.16. The fourth-order valence-corrected chi connectivity index (χ4v) is 3.91. The van der Waals surface area contributed by atoms with Gasteiger partial charge in [-0.05, 0) is 56.2 Å². The first kappa shape index (κ1) is 20.5. The number of aromatic nitrogens is 3. The zero-order valence-electron chi connectivity index (χ0n) is 17.3. The van der Waals surface area contributed by atoms with Gasteiger partial charge in [-0.3, -0.25) is 4.98 Å². The highest BCUT2D eigenvalue weighted by molar-refractivity contribution is 7.13. The first-order valence-corrected chi connectivity index (χ1v) is 10.7. The summed E-state index contributed by atoms with van der Waals surface area (Å²) in [5.41, 5.74) is 4.48. The Morgan fingerprint density at radius 1 is 1.06 bits per heavy atom. The highest BCUT2D eigenvalue weighted by Crippen LogP contribution is 2.37. The summed E-state index contributed by atoms with van der Waals surface area (Å²) < 4.78 is 6.18. The van der Waals surface area contributed by atoms with E-state index in [1.807, 2.05) is 68.4 Å². The molecule has 0 atom stereocenters. The lowest BCUT2D eigenvalue weighted by molar-refractivity contribution is 0.496. The van der Waals surface area contributed by atoms with Crippen LogP contribution in [0.2, 0.25) is 0 Å². The number of hydrogen-bond donors (Lipinski definition) is 1. The van der Waals surface area contributed by atoms with Crippen molar-refractivity contribution in [1.29, 1.82) is 5.26 Å². The number of thiazole rings is 1. The van der Waals surface area contributed by atoms with Gasteiger partial charge in [-0.2, -0.15) is 5.26 Å². The first-order chi connectivity index (χ1) is 15.1. The normalized spacial score (nSPS) is 10.5. The van der Waals surface area contributed by atoms with E-state index < -0.39 is 0 Å². The quantitative estimate of drug-likeness (QED) is 0.377. The molecule has 0 bridgehead atoms. The van der Waals surface area contributed by atoms with Crippen LogP contribution < -0.4 is 10.1 Å². The van der Waals surface area contributed by atoms with Gasteiger partial charge in [0.15, 0.2) is 0 Å². The van der Waals surface area contributed by atoms with Crippen molar-refractivity contribution in [2.24, 2.45) is 0 Å². The number of hydrogen-bond acceptors (Lipinski definition) is 7. The molecule has 4 aromatic rings. The van der Waals surface area contributed by atoms with Gasteiger partial charge >= 0.3 is 0 Å². The minimum absolute atomic E-state index is 0.497. The Bertz CT molecular complexity index is 1240. The number of anilines is 2. The highest BCUT2D eigenvalue weighted by Gasteiger charge is 2.15. The Hall–Kier alpha value is -3.76.